The van der Waals surface area contributed by atoms with Gasteiger partial charge in [0.1, 0.15) is 0 Å². The summed E-state index contributed by atoms with van der Waals surface area (Å²) in [5, 5.41) is 0. The zero-order valence-corrected chi connectivity index (χ0v) is 12.4. The van der Waals surface area contributed by atoms with Gasteiger partial charge in [-0.05, 0) is 30.5 Å². The minimum Gasteiger partial charge on any atom is -0.377 e. The van der Waals surface area contributed by atoms with Gasteiger partial charge in [-0.2, -0.15) is 0 Å². The lowest BCUT2D eigenvalue weighted by Gasteiger charge is -2.09. The van der Waals surface area contributed by atoms with E-state index in [0.717, 1.165) is 19.6 Å². The molecule has 0 aliphatic heterocycles. The number of nitrogens with two attached hydrogens (primary N) is 1. The van der Waals surface area contributed by atoms with E-state index in [-0.39, 0.29) is 0 Å². The molecule has 0 atom stereocenters. The lowest BCUT2D eigenvalue weighted by Crippen LogP contribution is -2.06. The molecular formula is C17H29NO. The van der Waals surface area contributed by atoms with Crippen molar-refractivity contribution in [1.29, 1.82) is 0 Å². The highest BCUT2D eigenvalue weighted by molar-refractivity contribution is 5.26. The van der Waals surface area contributed by atoms with Crippen LogP contribution in [0.5, 0.6) is 0 Å². The zero-order chi connectivity index (χ0) is 13.8. The van der Waals surface area contributed by atoms with Gasteiger partial charge in [-0.25, -0.2) is 0 Å². The van der Waals surface area contributed by atoms with Crippen LogP contribution in [0.15, 0.2) is 24.3 Å². The third-order valence-electron chi connectivity index (χ3n) is 3.43. The summed E-state index contributed by atoms with van der Waals surface area (Å²) in [5.41, 5.74) is 8.24. The molecule has 0 radical (unpaired) electrons. The highest BCUT2D eigenvalue weighted by Crippen LogP contribution is 2.11. The van der Waals surface area contributed by atoms with Crippen molar-refractivity contribution in [2.45, 2.75) is 58.5 Å². The van der Waals surface area contributed by atoms with Crippen molar-refractivity contribution >= 4 is 0 Å². The minimum atomic E-state index is 0.703. The van der Waals surface area contributed by atoms with E-state index in [1.807, 2.05) is 0 Å². The van der Waals surface area contributed by atoms with Crippen LogP contribution in [-0.2, 0) is 17.8 Å². The first kappa shape index (κ1) is 16.2. The Balaban J connectivity index is 2.12. The van der Waals surface area contributed by atoms with Gasteiger partial charge in [0, 0.05) is 6.61 Å². The molecule has 0 aliphatic carbocycles. The lowest BCUT2D eigenvalue weighted by atomic mass is 10.1. The number of benzene rings is 1. The topological polar surface area (TPSA) is 35.2 Å². The second-order valence-corrected chi connectivity index (χ2v) is 5.13. The Morgan fingerprint density at radius 3 is 2.37 bits per heavy atom. The maximum absolute atomic E-state index is 5.77. The largest absolute Gasteiger partial charge is 0.377 e. The van der Waals surface area contributed by atoms with Crippen molar-refractivity contribution in [3.63, 3.8) is 0 Å². The van der Waals surface area contributed by atoms with E-state index in [1.54, 1.807) is 0 Å². The monoisotopic (exact) mass is 263 g/mol. The average Bonchev–Trinajstić information content (AvgIpc) is 2.44. The summed E-state index contributed by atoms with van der Waals surface area (Å²) in [6.07, 6.45) is 8.82. The molecule has 1 aromatic carbocycles. The van der Waals surface area contributed by atoms with Crippen molar-refractivity contribution in [2.24, 2.45) is 5.73 Å². The molecule has 0 saturated carbocycles. The molecule has 2 heteroatoms. The van der Waals surface area contributed by atoms with E-state index < -0.39 is 0 Å². The van der Waals surface area contributed by atoms with E-state index >= 15 is 0 Å². The molecule has 2 nitrogen and oxygen atoms in total. The Morgan fingerprint density at radius 1 is 0.947 bits per heavy atom. The Hall–Kier alpha value is -0.860. The van der Waals surface area contributed by atoms with Crippen molar-refractivity contribution in [3.8, 4) is 0 Å². The third-order valence-corrected chi connectivity index (χ3v) is 3.43. The molecule has 0 fully saturated rings. The maximum atomic E-state index is 5.77. The van der Waals surface area contributed by atoms with E-state index in [0.29, 0.717) is 6.54 Å². The van der Waals surface area contributed by atoms with Crippen molar-refractivity contribution < 1.29 is 4.74 Å². The molecule has 0 spiro atoms. The van der Waals surface area contributed by atoms with E-state index in [2.05, 4.69) is 31.2 Å². The van der Waals surface area contributed by atoms with E-state index in [4.69, 9.17) is 10.5 Å². The molecule has 1 aromatic rings. The van der Waals surface area contributed by atoms with Crippen molar-refractivity contribution in [2.75, 3.05) is 13.2 Å². The third kappa shape index (κ3) is 7.34. The normalized spacial score (nSPS) is 10.8. The van der Waals surface area contributed by atoms with E-state index in [9.17, 15) is 0 Å². The summed E-state index contributed by atoms with van der Waals surface area (Å²) >= 11 is 0. The van der Waals surface area contributed by atoms with Gasteiger partial charge in [0.25, 0.3) is 0 Å². The van der Waals surface area contributed by atoms with Crippen LogP contribution in [0.2, 0.25) is 0 Å². The molecular weight excluding hydrogens is 234 g/mol. The van der Waals surface area contributed by atoms with Crippen LogP contribution in [0.3, 0.4) is 0 Å². The fraction of sp³-hybridized carbons (Fsp3) is 0.647. The second-order valence-electron chi connectivity index (χ2n) is 5.13. The van der Waals surface area contributed by atoms with Gasteiger partial charge in [-0.3, -0.25) is 0 Å². The highest BCUT2D eigenvalue weighted by Gasteiger charge is 2.00. The standard InChI is InChI=1S/C17H29NO/c1-2-3-4-5-6-9-14-19-15-17-11-8-7-10-16(17)12-13-18/h7-8,10-11H,2-6,9,12-15,18H2,1H3. The van der Waals surface area contributed by atoms with Crippen LogP contribution >= 0.6 is 0 Å². The second kappa shape index (κ2) is 11.0. The van der Waals surface area contributed by atoms with Crippen LogP contribution in [0.25, 0.3) is 0 Å². The van der Waals surface area contributed by atoms with Crippen molar-refractivity contribution in [1.82, 2.24) is 0 Å². The van der Waals surface area contributed by atoms with Gasteiger partial charge in [0.2, 0.25) is 0 Å². The van der Waals surface area contributed by atoms with Crippen LogP contribution in [-0.4, -0.2) is 13.2 Å². The molecule has 1 rings (SSSR count). The van der Waals surface area contributed by atoms with Crippen molar-refractivity contribution in [3.05, 3.63) is 35.4 Å². The fourth-order valence-electron chi connectivity index (χ4n) is 2.26. The van der Waals surface area contributed by atoms with Gasteiger partial charge in [0.15, 0.2) is 0 Å². The van der Waals surface area contributed by atoms with E-state index in [1.165, 1.54) is 49.7 Å². The lowest BCUT2D eigenvalue weighted by molar-refractivity contribution is 0.116. The number of ether oxygens (including phenoxy) is 1. The number of unbranched alkanes of at least 4 members (excludes halogenated alkanes) is 5. The van der Waals surface area contributed by atoms with Gasteiger partial charge < -0.3 is 10.5 Å². The summed E-state index contributed by atoms with van der Waals surface area (Å²) in [6.45, 7) is 4.56. The number of rotatable bonds is 11. The number of hydrogen-bond donors (Lipinski definition) is 1. The molecule has 2 N–H and O–H groups in total. The first-order chi connectivity index (χ1) is 9.38. The maximum Gasteiger partial charge on any atom is 0.0719 e. The summed E-state index contributed by atoms with van der Waals surface area (Å²) in [7, 11) is 0. The van der Waals surface area contributed by atoms with Crippen LogP contribution < -0.4 is 5.73 Å². The predicted octanol–water partition coefficient (Wildman–Crippen LogP) is 4.06. The smallest absolute Gasteiger partial charge is 0.0719 e. The summed E-state index contributed by atoms with van der Waals surface area (Å²) in [5.74, 6) is 0. The quantitative estimate of drug-likeness (QED) is 0.611. The Kier molecular flexibility index (Phi) is 9.38. The molecule has 0 heterocycles. The Bertz CT molecular complexity index is 325. The predicted molar refractivity (Wildman–Crippen MR) is 82.2 cm³/mol. The summed E-state index contributed by atoms with van der Waals surface area (Å²) in [4.78, 5) is 0. The molecule has 0 aromatic heterocycles. The molecule has 0 unspecified atom stereocenters. The van der Waals surface area contributed by atoms with Crippen LogP contribution in [0.4, 0.5) is 0 Å². The molecule has 19 heavy (non-hydrogen) atoms. The Morgan fingerprint density at radius 2 is 1.63 bits per heavy atom. The molecule has 108 valence electrons. The first-order valence-electron chi connectivity index (χ1n) is 7.73. The van der Waals surface area contributed by atoms with Crippen LogP contribution in [0, 0.1) is 0 Å². The van der Waals surface area contributed by atoms with Gasteiger partial charge in [-0.15, -0.1) is 0 Å². The first-order valence-corrected chi connectivity index (χ1v) is 7.73. The average molecular weight is 263 g/mol. The molecule has 0 bridgehead atoms. The van der Waals surface area contributed by atoms with Gasteiger partial charge in [0.05, 0.1) is 6.61 Å². The fourth-order valence-corrected chi connectivity index (χ4v) is 2.26. The zero-order valence-electron chi connectivity index (χ0n) is 12.4. The molecule has 0 saturated heterocycles. The van der Waals surface area contributed by atoms with Gasteiger partial charge >= 0.3 is 0 Å². The molecule has 0 aliphatic rings. The SMILES string of the molecule is CCCCCCCCOCc1ccccc1CCN. The highest BCUT2D eigenvalue weighted by atomic mass is 16.5. The summed E-state index contributed by atoms with van der Waals surface area (Å²) < 4.78 is 5.77. The summed E-state index contributed by atoms with van der Waals surface area (Å²) in [6, 6.07) is 8.44. The molecule has 0 amide bonds. The van der Waals surface area contributed by atoms with Crippen LogP contribution in [0.1, 0.15) is 56.6 Å². The Labute approximate surface area is 118 Å². The van der Waals surface area contributed by atoms with Gasteiger partial charge in [-0.1, -0.05) is 63.3 Å². The number of hydrogen-bond acceptors (Lipinski definition) is 2. The minimum absolute atomic E-state index is 0.703.